The zero-order valence-electron chi connectivity index (χ0n) is 16.8. The summed E-state index contributed by atoms with van der Waals surface area (Å²) in [5.74, 6) is 0.254. The Morgan fingerprint density at radius 2 is 1.93 bits per heavy atom. The highest BCUT2D eigenvalue weighted by molar-refractivity contribution is 5.86. The van der Waals surface area contributed by atoms with Gasteiger partial charge in [0.1, 0.15) is 6.61 Å². The molecule has 2 aliphatic heterocycles. The van der Waals surface area contributed by atoms with Gasteiger partial charge in [0.2, 0.25) is 0 Å². The van der Waals surface area contributed by atoms with Crippen molar-refractivity contribution in [3.05, 3.63) is 35.4 Å². The number of nitrogens with zero attached hydrogens (tertiary/aromatic N) is 2. The average molecular weight is 389 g/mol. The van der Waals surface area contributed by atoms with Crippen LogP contribution in [0.5, 0.6) is 0 Å². The molecule has 2 N–H and O–H groups in total. The molecule has 2 amide bonds. The minimum atomic E-state index is -1.39. The van der Waals surface area contributed by atoms with Gasteiger partial charge in [-0.15, -0.1) is 0 Å². The summed E-state index contributed by atoms with van der Waals surface area (Å²) in [4.78, 5) is 27.7. The number of cyclic esters (lactones) is 1. The molecule has 7 nitrogen and oxygen atoms in total. The van der Waals surface area contributed by atoms with Crippen molar-refractivity contribution >= 4 is 12.0 Å². The number of piperidine rings is 1. The molecule has 28 heavy (non-hydrogen) atoms. The van der Waals surface area contributed by atoms with Gasteiger partial charge in [-0.1, -0.05) is 38.1 Å². The van der Waals surface area contributed by atoms with E-state index in [0.717, 1.165) is 12.0 Å². The zero-order chi connectivity index (χ0) is 20.1. The van der Waals surface area contributed by atoms with E-state index < -0.39 is 5.60 Å². The lowest BCUT2D eigenvalue weighted by Gasteiger charge is -2.38. The molecule has 2 heterocycles. The molecule has 0 spiro atoms. The molecule has 0 bridgehead atoms. The van der Waals surface area contributed by atoms with E-state index in [2.05, 4.69) is 43.4 Å². The van der Waals surface area contributed by atoms with Crippen molar-refractivity contribution in [3.8, 4) is 0 Å². The van der Waals surface area contributed by atoms with Gasteiger partial charge in [-0.25, -0.2) is 4.79 Å². The van der Waals surface area contributed by atoms with Crippen molar-refractivity contribution in [3.63, 3.8) is 0 Å². The van der Waals surface area contributed by atoms with Crippen LogP contribution in [0.15, 0.2) is 24.3 Å². The maximum Gasteiger partial charge on any atom is 0.409 e. The second-order valence-electron chi connectivity index (χ2n) is 8.04. The molecule has 154 valence electrons. The van der Waals surface area contributed by atoms with E-state index >= 15 is 0 Å². The van der Waals surface area contributed by atoms with Gasteiger partial charge in [0.05, 0.1) is 6.54 Å². The molecule has 7 heteroatoms. The Hall–Kier alpha value is -2.12. The van der Waals surface area contributed by atoms with Crippen molar-refractivity contribution in [1.29, 1.82) is 0 Å². The largest absolute Gasteiger partial charge is 0.448 e. The SMILES string of the molecule is CC(C)c1ccc(CN2CCC[C@](O)(CNCCN3CCOC3=O)C2=O)cc1. The molecular weight excluding hydrogens is 358 g/mol. The summed E-state index contributed by atoms with van der Waals surface area (Å²) in [6.07, 6.45) is 0.920. The first-order chi connectivity index (χ1) is 13.4. The van der Waals surface area contributed by atoms with E-state index in [9.17, 15) is 14.7 Å². The molecular formula is C21H31N3O4. The third kappa shape index (κ3) is 4.83. The van der Waals surface area contributed by atoms with E-state index in [0.29, 0.717) is 51.7 Å². The van der Waals surface area contributed by atoms with Crippen molar-refractivity contribution in [2.45, 2.75) is 44.8 Å². The number of rotatable bonds is 8. The fourth-order valence-electron chi connectivity index (χ4n) is 3.75. The number of ether oxygens (including phenoxy) is 1. The molecule has 1 atom stereocenters. The predicted molar refractivity (Wildman–Crippen MR) is 106 cm³/mol. The second-order valence-corrected chi connectivity index (χ2v) is 8.04. The van der Waals surface area contributed by atoms with Crippen molar-refractivity contribution in [2.24, 2.45) is 0 Å². The summed E-state index contributed by atoms with van der Waals surface area (Å²) in [7, 11) is 0. The molecule has 2 saturated heterocycles. The van der Waals surface area contributed by atoms with Gasteiger partial charge in [-0.2, -0.15) is 0 Å². The van der Waals surface area contributed by atoms with Crippen LogP contribution >= 0.6 is 0 Å². The van der Waals surface area contributed by atoms with Gasteiger partial charge >= 0.3 is 6.09 Å². The van der Waals surface area contributed by atoms with Crippen LogP contribution in [0.25, 0.3) is 0 Å². The Labute approximate surface area is 166 Å². The smallest absolute Gasteiger partial charge is 0.409 e. The van der Waals surface area contributed by atoms with Crippen molar-refractivity contribution < 1.29 is 19.4 Å². The van der Waals surface area contributed by atoms with Gasteiger partial charge in [0.15, 0.2) is 5.60 Å². The van der Waals surface area contributed by atoms with Crippen LogP contribution in [-0.2, 0) is 16.1 Å². The molecule has 0 radical (unpaired) electrons. The number of carbonyl (C=O) groups excluding carboxylic acids is 2. The monoisotopic (exact) mass is 389 g/mol. The van der Waals surface area contributed by atoms with Crippen molar-refractivity contribution in [2.75, 3.05) is 39.3 Å². The lowest BCUT2D eigenvalue weighted by atomic mass is 9.91. The van der Waals surface area contributed by atoms with Crippen molar-refractivity contribution in [1.82, 2.24) is 15.1 Å². The molecule has 1 aromatic carbocycles. The first-order valence-electron chi connectivity index (χ1n) is 10.1. The average Bonchev–Trinajstić information content (AvgIpc) is 3.08. The summed E-state index contributed by atoms with van der Waals surface area (Å²) in [5.41, 5.74) is 0.959. The lowest BCUT2D eigenvalue weighted by molar-refractivity contribution is -0.157. The fraction of sp³-hybridized carbons (Fsp3) is 0.619. The van der Waals surface area contributed by atoms with Crippen LogP contribution in [0, 0.1) is 0 Å². The van der Waals surface area contributed by atoms with Crippen LogP contribution in [0.2, 0.25) is 0 Å². The number of nitrogens with one attached hydrogen (secondary N) is 1. The Kier molecular flexibility index (Phi) is 6.57. The van der Waals surface area contributed by atoms with E-state index in [1.54, 1.807) is 9.80 Å². The van der Waals surface area contributed by atoms with E-state index in [-0.39, 0.29) is 18.5 Å². The molecule has 1 aromatic rings. The van der Waals surface area contributed by atoms with Crippen LogP contribution in [0.4, 0.5) is 4.79 Å². The highest BCUT2D eigenvalue weighted by Crippen LogP contribution is 2.24. The summed E-state index contributed by atoms with van der Waals surface area (Å²) >= 11 is 0. The molecule has 2 fully saturated rings. The molecule has 2 aliphatic rings. The molecule has 0 aromatic heterocycles. The molecule has 3 rings (SSSR count). The minimum Gasteiger partial charge on any atom is -0.448 e. The second kappa shape index (κ2) is 8.92. The Bertz CT molecular complexity index is 691. The maximum absolute atomic E-state index is 12.9. The van der Waals surface area contributed by atoms with E-state index in [1.807, 2.05) is 0 Å². The number of aliphatic hydroxyl groups is 1. The highest BCUT2D eigenvalue weighted by atomic mass is 16.6. The Morgan fingerprint density at radius 1 is 1.18 bits per heavy atom. The minimum absolute atomic E-state index is 0.192. The summed E-state index contributed by atoms with van der Waals surface area (Å²) in [6.45, 7) is 7.72. The maximum atomic E-state index is 12.9. The number of likely N-dealkylation sites (tertiary alicyclic amines) is 1. The van der Waals surface area contributed by atoms with Gasteiger partial charge < -0.3 is 25.0 Å². The number of carbonyl (C=O) groups is 2. The first-order valence-corrected chi connectivity index (χ1v) is 10.1. The van der Waals surface area contributed by atoms with Crippen LogP contribution in [0.1, 0.15) is 43.7 Å². The fourth-order valence-corrected chi connectivity index (χ4v) is 3.75. The van der Waals surface area contributed by atoms with Crippen LogP contribution in [-0.4, -0.2) is 71.8 Å². The number of benzene rings is 1. The predicted octanol–water partition coefficient (Wildman–Crippen LogP) is 1.71. The number of amides is 2. The number of hydrogen-bond donors (Lipinski definition) is 2. The Balaban J connectivity index is 1.51. The summed E-state index contributed by atoms with van der Waals surface area (Å²) < 4.78 is 4.89. The standard InChI is InChI=1S/C21H31N3O4/c1-16(2)18-6-4-17(5-7-18)14-24-10-3-8-21(27,19(24)25)15-22-9-11-23-12-13-28-20(23)26/h4-7,16,22,27H,3,8-15H2,1-2H3/t21-/m0/s1. The van der Waals surface area contributed by atoms with Gasteiger partial charge in [0.25, 0.3) is 5.91 Å². The zero-order valence-corrected chi connectivity index (χ0v) is 16.8. The first kappa shape index (κ1) is 20.6. The highest BCUT2D eigenvalue weighted by Gasteiger charge is 2.41. The van der Waals surface area contributed by atoms with Gasteiger partial charge in [-0.3, -0.25) is 4.79 Å². The topological polar surface area (TPSA) is 82.1 Å². The summed E-state index contributed by atoms with van der Waals surface area (Å²) in [5, 5.41) is 14.0. The van der Waals surface area contributed by atoms with Crippen LogP contribution < -0.4 is 5.32 Å². The quantitative estimate of drug-likeness (QED) is 0.662. The Morgan fingerprint density at radius 3 is 2.57 bits per heavy atom. The number of hydrogen-bond acceptors (Lipinski definition) is 5. The lowest BCUT2D eigenvalue weighted by Crippen LogP contribution is -2.58. The third-order valence-electron chi connectivity index (χ3n) is 5.54. The van der Waals surface area contributed by atoms with E-state index in [1.165, 1.54) is 5.56 Å². The molecule has 0 unspecified atom stereocenters. The normalized spacial score (nSPS) is 22.9. The molecule has 0 saturated carbocycles. The molecule has 0 aliphatic carbocycles. The van der Waals surface area contributed by atoms with E-state index in [4.69, 9.17) is 4.74 Å². The summed E-state index contributed by atoms with van der Waals surface area (Å²) in [6, 6.07) is 8.32. The van der Waals surface area contributed by atoms with Crippen LogP contribution in [0.3, 0.4) is 0 Å². The third-order valence-corrected chi connectivity index (χ3v) is 5.54. The van der Waals surface area contributed by atoms with Gasteiger partial charge in [0, 0.05) is 32.7 Å². The van der Waals surface area contributed by atoms with Gasteiger partial charge in [-0.05, 0) is 29.9 Å².